The Hall–Kier alpha value is -3.53. The minimum absolute atomic E-state index is 0.0200. The Morgan fingerprint density at radius 2 is 1.93 bits per heavy atom. The summed E-state index contributed by atoms with van der Waals surface area (Å²) in [4.78, 5) is 61.8. The molecule has 9 atom stereocenters. The maximum Gasteiger partial charge on any atom is 0.271 e. The molecule has 11 nitrogen and oxygen atoms in total. The zero-order chi connectivity index (χ0) is 32.8. The van der Waals surface area contributed by atoms with Crippen LogP contribution in [0.4, 0.5) is 14.6 Å². The number of carbonyl (C=O) groups is 4. The number of halogens is 3. The summed E-state index contributed by atoms with van der Waals surface area (Å²) in [7, 11) is 0. The first kappa shape index (κ1) is 31.5. The van der Waals surface area contributed by atoms with E-state index < -0.39 is 76.4 Å². The van der Waals surface area contributed by atoms with Crippen LogP contribution in [-0.2, 0) is 19.2 Å². The van der Waals surface area contributed by atoms with Crippen LogP contribution in [0.2, 0.25) is 5.02 Å². The third-order valence-corrected chi connectivity index (χ3v) is 10.5. The predicted octanol–water partition coefficient (Wildman–Crippen LogP) is 3.03. The molecule has 45 heavy (non-hydrogen) atoms. The number of pyridine rings is 1. The number of carbonyl (C=O) groups excluding carboxylic acids is 4. The van der Waals surface area contributed by atoms with E-state index in [4.69, 9.17) is 16.3 Å². The highest BCUT2D eigenvalue weighted by molar-refractivity contribution is 6.30. The van der Waals surface area contributed by atoms with Gasteiger partial charge in [-0.1, -0.05) is 32.4 Å². The van der Waals surface area contributed by atoms with Crippen molar-refractivity contribution in [1.29, 1.82) is 5.26 Å². The quantitative estimate of drug-likeness (QED) is 0.512. The van der Waals surface area contributed by atoms with Crippen molar-refractivity contribution in [3.8, 4) is 11.8 Å². The van der Waals surface area contributed by atoms with Crippen molar-refractivity contribution in [1.82, 2.24) is 20.1 Å². The van der Waals surface area contributed by atoms with Crippen molar-refractivity contribution >= 4 is 41.0 Å². The number of hydrogen-bond donors (Lipinski definition) is 2. The lowest BCUT2D eigenvalue weighted by Gasteiger charge is -2.39. The van der Waals surface area contributed by atoms with Crippen LogP contribution < -0.4 is 15.4 Å². The van der Waals surface area contributed by atoms with Crippen molar-refractivity contribution in [2.45, 2.75) is 89.4 Å². The molecule has 0 radical (unpaired) electrons. The third kappa shape index (κ3) is 5.09. The maximum absolute atomic E-state index is 15.2. The first-order chi connectivity index (χ1) is 20.9. The number of anilines is 1. The van der Waals surface area contributed by atoms with E-state index in [0.717, 1.165) is 13.8 Å². The fourth-order valence-electron chi connectivity index (χ4n) is 8.07. The summed E-state index contributed by atoms with van der Waals surface area (Å²) in [5.74, 6) is -3.50. The Labute approximate surface area is 265 Å². The monoisotopic (exact) mass is 646 g/mol. The van der Waals surface area contributed by atoms with Crippen molar-refractivity contribution in [2.75, 3.05) is 18.4 Å². The largest absolute Gasteiger partial charge is 0.471 e. The minimum Gasteiger partial charge on any atom is -0.471 e. The summed E-state index contributed by atoms with van der Waals surface area (Å²) in [6.45, 7) is 7.24. The van der Waals surface area contributed by atoms with Gasteiger partial charge in [0, 0.05) is 25.2 Å². The standard InChI is InChI=1S/C31H37ClF2N6O5/c1-29(2,3)23(37-27(43)30(4,5)34)26(42)39-12-18-14-6-17(19(33)7-14)21(18)22(39)25(41)40-13-31(9-16(40)10-35)28(44)38-24-20(45-31)8-15(32)11-36-24/h8,11,14,16-19,21-23H,6-7,9,12-13H2,1-5H3,(H,37,43)(H,36,38,44). The molecular weight excluding hydrogens is 610 g/mol. The smallest absolute Gasteiger partial charge is 0.271 e. The number of aromatic nitrogens is 1. The lowest BCUT2D eigenvalue weighted by Crippen LogP contribution is -2.61. The molecule has 1 aromatic heterocycles. The van der Waals surface area contributed by atoms with Gasteiger partial charge in [-0.3, -0.25) is 19.2 Å². The first-order valence-electron chi connectivity index (χ1n) is 15.3. The third-order valence-electron chi connectivity index (χ3n) is 10.3. The fraction of sp³-hybridized carbons (Fsp3) is 0.677. The minimum atomic E-state index is -2.26. The molecule has 3 aliphatic heterocycles. The van der Waals surface area contributed by atoms with Crippen LogP contribution in [-0.4, -0.2) is 87.1 Å². The molecule has 6 rings (SSSR count). The van der Waals surface area contributed by atoms with Crippen molar-refractivity contribution in [3.63, 3.8) is 0 Å². The normalized spacial score (nSPS) is 34.1. The van der Waals surface area contributed by atoms with Crippen LogP contribution in [0.3, 0.4) is 0 Å². The number of amides is 4. The van der Waals surface area contributed by atoms with Gasteiger partial charge >= 0.3 is 0 Å². The van der Waals surface area contributed by atoms with Crippen LogP contribution >= 0.6 is 11.6 Å². The van der Waals surface area contributed by atoms with Crippen LogP contribution in [0.25, 0.3) is 0 Å². The number of ether oxygens (including phenoxy) is 1. The van der Waals surface area contributed by atoms with Gasteiger partial charge in [0.05, 0.1) is 17.6 Å². The highest BCUT2D eigenvalue weighted by atomic mass is 35.5. The summed E-state index contributed by atoms with van der Waals surface area (Å²) in [6, 6.07) is 0.175. The van der Waals surface area contributed by atoms with Gasteiger partial charge in [-0.15, -0.1) is 0 Å². The number of hydrogen-bond acceptors (Lipinski definition) is 7. The highest BCUT2D eigenvalue weighted by Gasteiger charge is 2.65. The average Bonchev–Trinajstić information content (AvgIpc) is 3.70. The van der Waals surface area contributed by atoms with Gasteiger partial charge < -0.3 is 25.2 Å². The molecule has 9 unspecified atom stereocenters. The lowest BCUT2D eigenvalue weighted by molar-refractivity contribution is -0.150. The molecule has 242 valence electrons. The van der Waals surface area contributed by atoms with Crippen LogP contribution in [0.1, 0.15) is 53.9 Å². The second-order valence-corrected chi connectivity index (χ2v) is 15.1. The van der Waals surface area contributed by atoms with E-state index in [1.165, 1.54) is 22.1 Å². The van der Waals surface area contributed by atoms with Crippen LogP contribution in [0, 0.1) is 40.4 Å². The zero-order valence-corrected chi connectivity index (χ0v) is 26.5. The summed E-state index contributed by atoms with van der Waals surface area (Å²) in [5, 5.41) is 15.7. The van der Waals surface area contributed by atoms with E-state index >= 15 is 4.39 Å². The van der Waals surface area contributed by atoms with Crippen LogP contribution in [0.15, 0.2) is 12.3 Å². The molecule has 5 aliphatic rings. The molecule has 2 bridgehead atoms. The topological polar surface area (TPSA) is 145 Å². The Balaban J connectivity index is 1.35. The van der Waals surface area contributed by atoms with Gasteiger partial charge in [-0.25, -0.2) is 13.8 Å². The summed E-state index contributed by atoms with van der Waals surface area (Å²) in [5.41, 5.74) is -4.74. The van der Waals surface area contributed by atoms with E-state index in [2.05, 4.69) is 21.7 Å². The first-order valence-corrected chi connectivity index (χ1v) is 15.6. The van der Waals surface area contributed by atoms with E-state index in [-0.39, 0.29) is 47.9 Å². The lowest BCUT2D eigenvalue weighted by atomic mass is 9.77. The number of nitriles is 1. The van der Waals surface area contributed by atoms with Gasteiger partial charge in [-0.05, 0) is 55.8 Å². The van der Waals surface area contributed by atoms with Crippen molar-refractivity contribution in [3.05, 3.63) is 17.3 Å². The fourth-order valence-corrected chi connectivity index (χ4v) is 8.21. The number of alkyl halides is 2. The van der Waals surface area contributed by atoms with Gasteiger partial charge in [0.15, 0.2) is 17.2 Å². The van der Waals surface area contributed by atoms with Gasteiger partial charge in [0.25, 0.3) is 11.8 Å². The molecule has 0 aromatic carbocycles. The van der Waals surface area contributed by atoms with E-state index in [1.807, 2.05) is 0 Å². The zero-order valence-electron chi connectivity index (χ0n) is 25.8. The number of rotatable bonds is 4. The maximum atomic E-state index is 15.2. The van der Waals surface area contributed by atoms with Gasteiger partial charge in [0.1, 0.15) is 24.3 Å². The Bertz CT molecular complexity index is 1510. The average molecular weight is 647 g/mol. The Morgan fingerprint density at radius 3 is 2.58 bits per heavy atom. The molecule has 2 saturated heterocycles. The SMILES string of the molecule is CC(C)(F)C(=O)NC(C(=O)N1CC2C3CC(F)C(C3)C2C1C(=O)N1CC2(CC1C#N)Oc1cc(Cl)cnc1NC2=O)C(C)(C)C. The molecule has 2 aliphatic carbocycles. The molecule has 1 spiro atoms. The highest BCUT2D eigenvalue weighted by Crippen LogP contribution is 2.59. The Kier molecular flexibility index (Phi) is 7.34. The number of fused-ring (bicyclic) bond motifs is 6. The number of nitrogens with one attached hydrogen (secondary N) is 2. The molecule has 4 amide bonds. The van der Waals surface area contributed by atoms with Gasteiger partial charge in [-0.2, -0.15) is 5.26 Å². The summed E-state index contributed by atoms with van der Waals surface area (Å²) >= 11 is 6.10. The summed E-state index contributed by atoms with van der Waals surface area (Å²) < 4.78 is 35.9. The van der Waals surface area contributed by atoms with Crippen molar-refractivity contribution < 1.29 is 32.7 Å². The summed E-state index contributed by atoms with van der Waals surface area (Å²) in [6.07, 6.45) is 1.01. The Morgan fingerprint density at radius 1 is 1.22 bits per heavy atom. The van der Waals surface area contributed by atoms with E-state index in [9.17, 15) is 28.8 Å². The molecular formula is C31H37ClF2N6O5. The molecule has 14 heteroatoms. The number of likely N-dealkylation sites (tertiary alicyclic amines) is 2. The molecule has 4 heterocycles. The van der Waals surface area contributed by atoms with Crippen LogP contribution in [0.5, 0.6) is 5.75 Å². The second kappa shape index (κ2) is 10.5. The van der Waals surface area contributed by atoms with E-state index in [1.54, 1.807) is 20.8 Å². The predicted molar refractivity (Wildman–Crippen MR) is 157 cm³/mol. The second-order valence-electron chi connectivity index (χ2n) is 14.7. The molecule has 1 aromatic rings. The molecule has 4 fully saturated rings. The van der Waals surface area contributed by atoms with Gasteiger partial charge in [0.2, 0.25) is 17.4 Å². The van der Waals surface area contributed by atoms with E-state index in [0.29, 0.717) is 12.8 Å². The van der Waals surface area contributed by atoms with Crippen molar-refractivity contribution in [2.24, 2.45) is 29.1 Å². The molecule has 2 saturated carbocycles. The number of nitrogens with zero attached hydrogens (tertiary/aromatic N) is 4. The molecule has 2 N–H and O–H groups in total.